The van der Waals surface area contributed by atoms with Gasteiger partial charge in [0.25, 0.3) is 0 Å². The van der Waals surface area contributed by atoms with E-state index in [4.69, 9.17) is 0 Å². The minimum absolute atomic E-state index is 0.00528. The summed E-state index contributed by atoms with van der Waals surface area (Å²) in [6, 6.07) is 14.1. The fraction of sp³-hybridized carbons (Fsp3) is 0. The van der Waals surface area contributed by atoms with E-state index in [0.29, 0.717) is 14.7 Å². The van der Waals surface area contributed by atoms with Crippen LogP contribution in [0.4, 0.5) is 0 Å². The number of phenolic OH excluding ortho intramolecular Hbond substituents is 1. The van der Waals surface area contributed by atoms with Gasteiger partial charge in [0.1, 0.15) is 17.4 Å². The Hall–Kier alpha value is -1.40. The number of carbonyl (C=O) groups excluding carboxylic acids is 1. The number of phenols is 1. The summed E-state index contributed by atoms with van der Waals surface area (Å²) >= 11 is 4.13. The Morgan fingerprint density at radius 2 is 1.86 bits per heavy atom. The number of allylic oxidation sites excluding steroid dienone is 1. The van der Waals surface area contributed by atoms with E-state index < -0.39 is 0 Å². The highest BCUT2D eigenvalue weighted by molar-refractivity contribution is 14.1. The van der Waals surface area contributed by atoms with Gasteiger partial charge in [0, 0.05) is 14.7 Å². The lowest BCUT2D eigenvalue weighted by Gasteiger charge is -2.05. The highest BCUT2D eigenvalue weighted by atomic mass is 127. The molecule has 0 unspecified atom stereocenters. The standard InChI is InChI=1S/C16H9I2NO2/c17-13-7-11(16(21)14(18)8-13)6-12(9-19)15(20)10-4-2-1-3-5-10/h1-8,21H/b12-6+. The third kappa shape index (κ3) is 3.83. The second-order valence-electron chi connectivity index (χ2n) is 4.19. The van der Waals surface area contributed by atoms with Gasteiger partial charge in [-0.15, -0.1) is 0 Å². The number of hydrogen-bond acceptors (Lipinski definition) is 3. The summed E-state index contributed by atoms with van der Waals surface area (Å²) in [6.45, 7) is 0. The number of nitriles is 1. The average molecular weight is 501 g/mol. The summed E-state index contributed by atoms with van der Waals surface area (Å²) < 4.78 is 1.60. The highest BCUT2D eigenvalue weighted by Crippen LogP contribution is 2.29. The molecule has 0 atom stereocenters. The molecular weight excluding hydrogens is 492 g/mol. The Kier molecular flexibility index (Phi) is 5.36. The van der Waals surface area contributed by atoms with Crippen LogP contribution in [0.15, 0.2) is 48.0 Å². The second-order valence-corrected chi connectivity index (χ2v) is 6.60. The van der Waals surface area contributed by atoms with Crippen LogP contribution in [-0.4, -0.2) is 10.9 Å². The van der Waals surface area contributed by atoms with Gasteiger partial charge in [-0.1, -0.05) is 30.3 Å². The third-order valence-electron chi connectivity index (χ3n) is 2.76. The second kappa shape index (κ2) is 7.04. The van der Waals surface area contributed by atoms with E-state index >= 15 is 0 Å². The Labute approximate surface area is 149 Å². The number of benzene rings is 2. The molecule has 0 radical (unpaired) electrons. The molecule has 0 fully saturated rings. The maximum atomic E-state index is 12.3. The van der Waals surface area contributed by atoms with Crippen LogP contribution in [-0.2, 0) is 0 Å². The van der Waals surface area contributed by atoms with E-state index in [0.717, 1.165) is 3.57 Å². The third-order valence-corrected chi connectivity index (χ3v) is 4.20. The molecular formula is C16H9I2NO2. The normalized spacial score (nSPS) is 11.0. The lowest BCUT2D eigenvalue weighted by atomic mass is 10.0. The molecule has 0 aliphatic rings. The van der Waals surface area contributed by atoms with Crippen molar-refractivity contribution in [2.45, 2.75) is 0 Å². The van der Waals surface area contributed by atoms with Gasteiger partial charge in [-0.05, 0) is 63.4 Å². The van der Waals surface area contributed by atoms with Crippen molar-refractivity contribution >= 4 is 57.0 Å². The van der Waals surface area contributed by atoms with Crippen LogP contribution in [0.1, 0.15) is 15.9 Å². The van der Waals surface area contributed by atoms with Crippen LogP contribution in [0.5, 0.6) is 5.75 Å². The fourth-order valence-electron chi connectivity index (χ4n) is 1.75. The number of nitrogens with zero attached hydrogens (tertiary/aromatic N) is 1. The topological polar surface area (TPSA) is 61.1 Å². The molecule has 21 heavy (non-hydrogen) atoms. The van der Waals surface area contributed by atoms with Crippen molar-refractivity contribution in [3.63, 3.8) is 0 Å². The molecule has 3 nitrogen and oxygen atoms in total. The molecule has 104 valence electrons. The number of halogens is 2. The SMILES string of the molecule is N#C/C(=C\c1cc(I)cc(I)c1O)C(=O)c1ccccc1. The predicted molar refractivity (Wildman–Crippen MR) is 97.9 cm³/mol. The summed E-state index contributed by atoms with van der Waals surface area (Å²) in [5.74, 6) is -0.281. The van der Waals surface area contributed by atoms with Gasteiger partial charge in [0.15, 0.2) is 0 Å². The molecule has 0 heterocycles. The van der Waals surface area contributed by atoms with E-state index in [2.05, 4.69) is 22.6 Å². The van der Waals surface area contributed by atoms with Gasteiger partial charge in [0.2, 0.25) is 5.78 Å². The lowest BCUT2D eigenvalue weighted by Crippen LogP contribution is -2.01. The summed E-state index contributed by atoms with van der Waals surface area (Å²) in [6.07, 6.45) is 1.43. The van der Waals surface area contributed by atoms with Crippen molar-refractivity contribution in [1.82, 2.24) is 0 Å². The molecule has 2 aromatic rings. The number of rotatable bonds is 3. The molecule has 1 N–H and O–H groups in total. The van der Waals surface area contributed by atoms with E-state index in [-0.39, 0.29) is 17.1 Å². The number of carbonyl (C=O) groups is 1. The zero-order valence-electron chi connectivity index (χ0n) is 10.7. The summed E-state index contributed by atoms with van der Waals surface area (Å²) in [4.78, 5) is 12.3. The molecule has 5 heteroatoms. The number of aromatic hydroxyl groups is 1. The van der Waals surface area contributed by atoms with Crippen LogP contribution >= 0.6 is 45.2 Å². The van der Waals surface area contributed by atoms with Gasteiger partial charge in [0.05, 0.1) is 3.57 Å². The molecule has 0 aliphatic carbocycles. The van der Waals surface area contributed by atoms with E-state index in [1.54, 1.807) is 36.4 Å². The highest BCUT2D eigenvalue weighted by Gasteiger charge is 2.13. The van der Waals surface area contributed by atoms with Crippen molar-refractivity contribution < 1.29 is 9.90 Å². The molecule has 2 rings (SSSR count). The van der Waals surface area contributed by atoms with Crippen molar-refractivity contribution in [1.29, 1.82) is 5.26 Å². The van der Waals surface area contributed by atoms with Gasteiger partial charge in [-0.2, -0.15) is 5.26 Å². The van der Waals surface area contributed by atoms with Crippen LogP contribution in [0, 0.1) is 18.5 Å². The van der Waals surface area contributed by atoms with Gasteiger partial charge in [-0.3, -0.25) is 4.79 Å². The molecule has 0 spiro atoms. The maximum absolute atomic E-state index is 12.3. The first kappa shape index (κ1) is 16.0. The van der Waals surface area contributed by atoms with Gasteiger partial charge < -0.3 is 5.11 Å². The number of Topliss-reactive ketones (excluding diaryl/α,β-unsaturated/α-hetero) is 1. The Bertz CT molecular complexity index is 762. The lowest BCUT2D eigenvalue weighted by molar-refractivity contribution is 0.104. The predicted octanol–water partition coefficient (Wildman–Crippen LogP) is 4.39. The van der Waals surface area contributed by atoms with Crippen molar-refractivity contribution in [3.8, 4) is 11.8 Å². The summed E-state index contributed by atoms with van der Waals surface area (Å²) in [5, 5.41) is 19.3. The molecule has 0 aromatic heterocycles. The van der Waals surface area contributed by atoms with E-state index in [1.807, 2.05) is 34.7 Å². The van der Waals surface area contributed by atoms with Crippen molar-refractivity contribution in [2.75, 3.05) is 0 Å². The minimum Gasteiger partial charge on any atom is -0.506 e. The van der Waals surface area contributed by atoms with Crippen LogP contribution in [0.2, 0.25) is 0 Å². The molecule has 0 bridgehead atoms. The molecule has 0 saturated heterocycles. The van der Waals surface area contributed by atoms with E-state index in [1.165, 1.54) is 6.08 Å². The quantitative estimate of drug-likeness (QED) is 0.294. The summed E-state index contributed by atoms with van der Waals surface area (Å²) in [7, 11) is 0. The number of ketones is 1. The van der Waals surface area contributed by atoms with Crippen LogP contribution in [0.3, 0.4) is 0 Å². The molecule has 2 aromatic carbocycles. The Morgan fingerprint density at radius 3 is 2.48 bits per heavy atom. The van der Waals surface area contributed by atoms with Crippen LogP contribution < -0.4 is 0 Å². The zero-order valence-corrected chi connectivity index (χ0v) is 15.0. The first-order chi connectivity index (χ1) is 10.0. The monoisotopic (exact) mass is 501 g/mol. The largest absolute Gasteiger partial charge is 0.506 e. The first-order valence-corrected chi connectivity index (χ1v) is 8.08. The molecule has 0 aliphatic heterocycles. The Balaban J connectivity index is 2.48. The maximum Gasteiger partial charge on any atom is 0.203 e. The fourth-order valence-corrected chi connectivity index (χ4v) is 3.63. The molecule has 0 amide bonds. The van der Waals surface area contributed by atoms with Crippen LogP contribution in [0.25, 0.3) is 6.08 Å². The average Bonchev–Trinajstić information content (AvgIpc) is 2.49. The Morgan fingerprint density at radius 1 is 1.19 bits per heavy atom. The zero-order chi connectivity index (χ0) is 15.4. The van der Waals surface area contributed by atoms with Gasteiger partial charge in [-0.25, -0.2) is 0 Å². The summed E-state index contributed by atoms with van der Waals surface area (Å²) in [5.41, 5.74) is 0.909. The van der Waals surface area contributed by atoms with Gasteiger partial charge >= 0.3 is 0 Å². The van der Waals surface area contributed by atoms with Crippen molar-refractivity contribution in [3.05, 3.63) is 66.3 Å². The molecule has 0 saturated carbocycles. The number of hydrogen-bond donors (Lipinski definition) is 1. The van der Waals surface area contributed by atoms with Crippen molar-refractivity contribution in [2.24, 2.45) is 0 Å². The first-order valence-electron chi connectivity index (χ1n) is 5.92. The minimum atomic E-state index is -0.355. The smallest absolute Gasteiger partial charge is 0.203 e. The van der Waals surface area contributed by atoms with E-state index in [9.17, 15) is 15.2 Å².